The standard InChI is InChI=1S/C21H25NO/c1-15-9-4-7-14-19(15)21(2,3)22-20(23)18-13-8-11-16-10-5-6-12-17(16)18/h4-7,9-10,12,14,18H,8,11,13H2,1-3H3,(H,22,23). The SMILES string of the molecule is Cc1ccccc1C(C)(C)NC(=O)C1CCCc2ccccc21. The molecule has 2 heteroatoms. The molecule has 1 unspecified atom stereocenters. The highest BCUT2D eigenvalue weighted by molar-refractivity contribution is 5.85. The summed E-state index contributed by atoms with van der Waals surface area (Å²) in [6, 6.07) is 16.6. The Labute approximate surface area is 138 Å². The zero-order valence-corrected chi connectivity index (χ0v) is 14.2. The second-order valence-electron chi connectivity index (χ2n) is 7.07. The predicted octanol–water partition coefficient (Wildman–Crippen LogP) is 4.47. The number of carbonyl (C=O) groups is 1. The maximum atomic E-state index is 12.9. The molecular weight excluding hydrogens is 282 g/mol. The zero-order valence-electron chi connectivity index (χ0n) is 14.2. The zero-order chi connectivity index (χ0) is 16.4. The first-order chi connectivity index (χ1) is 11.0. The molecule has 0 aromatic heterocycles. The van der Waals surface area contributed by atoms with Crippen LogP contribution in [0.3, 0.4) is 0 Å². The van der Waals surface area contributed by atoms with Gasteiger partial charge in [0, 0.05) is 0 Å². The van der Waals surface area contributed by atoms with Crippen LogP contribution in [0, 0.1) is 6.92 Å². The van der Waals surface area contributed by atoms with Crippen molar-refractivity contribution < 1.29 is 4.79 Å². The van der Waals surface area contributed by atoms with Crippen LogP contribution in [-0.4, -0.2) is 5.91 Å². The Bertz CT molecular complexity index is 717. The van der Waals surface area contributed by atoms with Crippen molar-refractivity contribution in [1.29, 1.82) is 0 Å². The first kappa shape index (κ1) is 15.8. The number of rotatable bonds is 3. The molecular formula is C21H25NO. The quantitative estimate of drug-likeness (QED) is 0.891. The summed E-state index contributed by atoms with van der Waals surface area (Å²) in [5.41, 5.74) is 4.55. The minimum atomic E-state index is -0.366. The normalized spacial score (nSPS) is 17.4. The summed E-state index contributed by atoms with van der Waals surface area (Å²) in [5.74, 6) is 0.119. The van der Waals surface area contributed by atoms with Gasteiger partial charge in [-0.25, -0.2) is 0 Å². The van der Waals surface area contributed by atoms with Gasteiger partial charge in [-0.3, -0.25) is 4.79 Å². The molecule has 0 radical (unpaired) electrons. The molecule has 2 aromatic rings. The van der Waals surface area contributed by atoms with Gasteiger partial charge in [-0.2, -0.15) is 0 Å². The molecule has 1 atom stereocenters. The van der Waals surface area contributed by atoms with Gasteiger partial charge >= 0.3 is 0 Å². The first-order valence-electron chi connectivity index (χ1n) is 8.45. The van der Waals surface area contributed by atoms with Crippen LogP contribution in [0.5, 0.6) is 0 Å². The van der Waals surface area contributed by atoms with Crippen LogP contribution >= 0.6 is 0 Å². The van der Waals surface area contributed by atoms with Crippen LogP contribution in [0.25, 0.3) is 0 Å². The number of aryl methyl sites for hydroxylation is 2. The lowest BCUT2D eigenvalue weighted by Gasteiger charge is -2.32. The van der Waals surface area contributed by atoms with Crippen molar-refractivity contribution in [3.05, 3.63) is 70.8 Å². The Kier molecular flexibility index (Phi) is 4.25. The molecule has 1 aliphatic carbocycles. The highest BCUT2D eigenvalue weighted by atomic mass is 16.2. The van der Waals surface area contributed by atoms with E-state index in [1.807, 2.05) is 18.2 Å². The average Bonchev–Trinajstić information content (AvgIpc) is 2.54. The summed E-state index contributed by atoms with van der Waals surface area (Å²) < 4.78 is 0. The molecule has 3 rings (SSSR count). The molecule has 0 aliphatic heterocycles. The van der Waals surface area contributed by atoms with Crippen molar-refractivity contribution in [1.82, 2.24) is 5.32 Å². The molecule has 2 aromatic carbocycles. The van der Waals surface area contributed by atoms with Crippen LogP contribution < -0.4 is 5.32 Å². The Morgan fingerprint density at radius 3 is 2.57 bits per heavy atom. The summed E-state index contributed by atoms with van der Waals surface area (Å²) in [4.78, 5) is 12.9. The maximum absolute atomic E-state index is 12.9. The summed E-state index contributed by atoms with van der Waals surface area (Å²) >= 11 is 0. The Balaban J connectivity index is 1.84. The molecule has 1 N–H and O–H groups in total. The molecule has 0 saturated heterocycles. The van der Waals surface area contributed by atoms with E-state index in [1.54, 1.807) is 0 Å². The number of nitrogens with one attached hydrogen (secondary N) is 1. The van der Waals surface area contributed by atoms with E-state index in [1.165, 1.54) is 22.3 Å². The number of fused-ring (bicyclic) bond motifs is 1. The minimum absolute atomic E-state index is 0.0248. The van der Waals surface area contributed by atoms with E-state index in [0.717, 1.165) is 19.3 Å². The van der Waals surface area contributed by atoms with Gasteiger partial charge in [-0.1, -0.05) is 48.5 Å². The number of benzene rings is 2. The second-order valence-corrected chi connectivity index (χ2v) is 7.07. The van der Waals surface area contributed by atoms with Gasteiger partial charge in [-0.15, -0.1) is 0 Å². The van der Waals surface area contributed by atoms with Crippen molar-refractivity contribution in [3.8, 4) is 0 Å². The van der Waals surface area contributed by atoms with Gasteiger partial charge in [0.15, 0.2) is 0 Å². The van der Waals surface area contributed by atoms with Crippen molar-refractivity contribution in [3.63, 3.8) is 0 Å². The van der Waals surface area contributed by atoms with Crippen molar-refractivity contribution >= 4 is 5.91 Å². The smallest absolute Gasteiger partial charge is 0.228 e. The predicted molar refractivity (Wildman–Crippen MR) is 94.5 cm³/mol. The Morgan fingerprint density at radius 2 is 1.78 bits per heavy atom. The fourth-order valence-corrected chi connectivity index (χ4v) is 3.76. The van der Waals surface area contributed by atoms with Gasteiger partial charge < -0.3 is 5.32 Å². The lowest BCUT2D eigenvalue weighted by atomic mass is 9.81. The lowest BCUT2D eigenvalue weighted by molar-refractivity contribution is -0.124. The van der Waals surface area contributed by atoms with Crippen LogP contribution in [0.4, 0.5) is 0 Å². The molecule has 120 valence electrons. The van der Waals surface area contributed by atoms with Crippen molar-refractivity contribution in [2.45, 2.75) is 51.5 Å². The third-order valence-electron chi connectivity index (χ3n) is 4.94. The van der Waals surface area contributed by atoms with Gasteiger partial charge in [0.25, 0.3) is 0 Å². The highest BCUT2D eigenvalue weighted by Crippen LogP contribution is 2.33. The molecule has 1 aliphatic rings. The fraction of sp³-hybridized carbons (Fsp3) is 0.381. The van der Waals surface area contributed by atoms with E-state index < -0.39 is 0 Å². The van der Waals surface area contributed by atoms with Gasteiger partial charge in [-0.05, 0) is 62.3 Å². The summed E-state index contributed by atoms with van der Waals surface area (Å²) in [6.45, 7) is 6.27. The van der Waals surface area contributed by atoms with E-state index >= 15 is 0 Å². The topological polar surface area (TPSA) is 29.1 Å². The third-order valence-corrected chi connectivity index (χ3v) is 4.94. The molecule has 0 saturated carbocycles. The van der Waals surface area contributed by atoms with Crippen LogP contribution in [0.1, 0.15) is 54.9 Å². The van der Waals surface area contributed by atoms with E-state index in [0.29, 0.717) is 0 Å². The summed E-state index contributed by atoms with van der Waals surface area (Å²) in [7, 11) is 0. The van der Waals surface area contributed by atoms with Gasteiger partial charge in [0.05, 0.1) is 11.5 Å². The molecule has 23 heavy (non-hydrogen) atoms. The lowest BCUT2D eigenvalue weighted by Crippen LogP contribution is -2.44. The molecule has 0 bridgehead atoms. The largest absolute Gasteiger partial charge is 0.347 e. The molecule has 0 heterocycles. The number of hydrogen-bond donors (Lipinski definition) is 1. The highest BCUT2D eigenvalue weighted by Gasteiger charge is 2.31. The van der Waals surface area contributed by atoms with E-state index in [4.69, 9.17) is 0 Å². The monoisotopic (exact) mass is 307 g/mol. The van der Waals surface area contributed by atoms with Crippen LogP contribution in [0.2, 0.25) is 0 Å². The summed E-state index contributed by atoms with van der Waals surface area (Å²) in [6.07, 6.45) is 3.10. The maximum Gasteiger partial charge on any atom is 0.228 e. The molecule has 2 nitrogen and oxygen atoms in total. The number of amides is 1. The molecule has 0 spiro atoms. The average molecular weight is 307 g/mol. The minimum Gasteiger partial charge on any atom is -0.347 e. The Hall–Kier alpha value is -2.09. The van der Waals surface area contributed by atoms with Crippen molar-refractivity contribution in [2.24, 2.45) is 0 Å². The number of carbonyl (C=O) groups excluding carboxylic acids is 1. The Morgan fingerprint density at radius 1 is 1.09 bits per heavy atom. The fourth-order valence-electron chi connectivity index (χ4n) is 3.76. The van der Waals surface area contributed by atoms with Crippen molar-refractivity contribution in [2.75, 3.05) is 0 Å². The van der Waals surface area contributed by atoms with Gasteiger partial charge in [0.2, 0.25) is 5.91 Å². The first-order valence-corrected chi connectivity index (χ1v) is 8.45. The number of hydrogen-bond acceptors (Lipinski definition) is 1. The summed E-state index contributed by atoms with van der Waals surface area (Å²) in [5, 5.41) is 3.29. The van der Waals surface area contributed by atoms with E-state index in [9.17, 15) is 4.79 Å². The second kappa shape index (κ2) is 6.19. The van der Waals surface area contributed by atoms with Gasteiger partial charge in [0.1, 0.15) is 0 Å². The van der Waals surface area contributed by atoms with E-state index in [2.05, 4.69) is 56.4 Å². The van der Waals surface area contributed by atoms with E-state index in [-0.39, 0.29) is 17.4 Å². The van der Waals surface area contributed by atoms with Crippen LogP contribution in [0.15, 0.2) is 48.5 Å². The van der Waals surface area contributed by atoms with Crippen LogP contribution in [-0.2, 0) is 16.8 Å². The molecule has 1 amide bonds. The third kappa shape index (κ3) is 3.17. The molecule has 0 fully saturated rings.